The van der Waals surface area contributed by atoms with Crippen LogP contribution < -0.4 is 0 Å². The fourth-order valence-electron chi connectivity index (χ4n) is 6.20. The molecular weight excluding hydrogens is 1150 g/mol. The van der Waals surface area contributed by atoms with Crippen molar-refractivity contribution in [1.29, 1.82) is 0 Å². The van der Waals surface area contributed by atoms with Gasteiger partial charge in [-0.25, -0.2) is 24.0 Å². The molecule has 0 saturated heterocycles. The van der Waals surface area contributed by atoms with Crippen molar-refractivity contribution in [3.63, 3.8) is 0 Å². The van der Waals surface area contributed by atoms with Crippen LogP contribution in [0, 0.1) is 33.0 Å². The molecule has 0 aliphatic rings. The standard InChI is InChI=1S/C15H26O6.C14H24O6.C13H22O6.C12H24O3.C10H20O3/c1-9(8-19-12(4)16)20-14(18)11(3)21-13(17)10(2)15(5,6)7;1-9(7-14(4,5)6)19-13(17)10(2)20-12(16)8-18-11(3)15;1-9(19-10(2)14)12(16)18-8-11(15)17-7-6-13(3,4)5;1-9(7-12(4,5)6)14-8-10(2)15-11(3)13;1-9(11)13-8-7-12-6-5-10(2,3)4/h9-11H,8H2,1-7H3;9-10H,7-8H2,1-6H3;9H,6-8H2,1-5H3;9-10H,7-8H2,1-6H3;5-8H2,1-4H3. The van der Waals surface area contributed by atoms with Gasteiger partial charge in [-0.05, 0) is 101 Å². The van der Waals surface area contributed by atoms with Gasteiger partial charge in [-0.2, -0.15) is 0 Å². The Kier molecular flexibility index (Phi) is 47.7. The van der Waals surface area contributed by atoms with E-state index in [0.717, 1.165) is 25.9 Å². The van der Waals surface area contributed by atoms with Crippen LogP contribution in [-0.2, 0) is 114 Å². The van der Waals surface area contributed by atoms with Gasteiger partial charge < -0.3 is 61.6 Å². The Morgan fingerprint density at radius 1 is 0.318 bits per heavy atom. The topological polar surface area (TPSA) is 308 Å². The van der Waals surface area contributed by atoms with Crippen LogP contribution in [0.3, 0.4) is 0 Å². The molecule has 0 aromatic carbocycles. The van der Waals surface area contributed by atoms with Gasteiger partial charge in [-0.3, -0.25) is 28.8 Å². The number of rotatable bonds is 28. The molecule has 516 valence electrons. The predicted octanol–water partition coefficient (Wildman–Crippen LogP) is 10.2. The molecule has 8 atom stereocenters. The summed E-state index contributed by atoms with van der Waals surface area (Å²) in [4.78, 5) is 122. The van der Waals surface area contributed by atoms with Gasteiger partial charge in [0.25, 0.3) is 0 Å². The molecule has 0 amide bonds. The second-order valence-corrected chi connectivity index (χ2v) is 27.1. The number of carbonyl (C=O) groups is 11. The molecular formula is C64H116O24. The third-order valence-electron chi connectivity index (χ3n) is 10.9. The first kappa shape index (κ1) is 90.8. The first-order chi connectivity index (χ1) is 39.7. The Morgan fingerprint density at radius 2 is 0.727 bits per heavy atom. The highest BCUT2D eigenvalue weighted by Crippen LogP contribution is 2.27. The third kappa shape index (κ3) is 66.1. The van der Waals surface area contributed by atoms with E-state index in [9.17, 15) is 52.7 Å². The molecule has 0 N–H and O–H groups in total. The molecule has 88 heavy (non-hydrogen) atoms. The molecule has 0 rings (SSSR count). The van der Waals surface area contributed by atoms with Crippen LogP contribution in [0.2, 0.25) is 0 Å². The first-order valence-electron chi connectivity index (χ1n) is 29.8. The highest BCUT2D eigenvalue weighted by Gasteiger charge is 2.32. The van der Waals surface area contributed by atoms with Gasteiger partial charge in [0.05, 0.1) is 37.9 Å². The maximum absolute atomic E-state index is 11.9. The molecule has 0 bridgehead atoms. The average Bonchev–Trinajstić information content (AvgIpc) is 3.42. The number of hydrogen-bond acceptors (Lipinski definition) is 24. The largest absolute Gasteiger partial charge is 0.463 e. The van der Waals surface area contributed by atoms with Crippen molar-refractivity contribution < 1.29 is 114 Å². The van der Waals surface area contributed by atoms with Crippen LogP contribution in [0.25, 0.3) is 0 Å². The van der Waals surface area contributed by atoms with Crippen molar-refractivity contribution in [2.24, 2.45) is 33.0 Å². The fraction of sp³-hybridized carbons (Fsp3) is 0.828. The van der Waals surface area contributed by atoms with E-state index in [2.05, 4.69) is 55.8 Å². The third-order valence-corrected chi connectivity index (χ3v) is 10.9. The SMILES string of the molecule is CC(=O)OC(C)C(=O)OCC(=O)OCCC(C)(C)C.CC(=O)OC(C)COC(C)CC(C)(C)C.CC(=O)OCC(=O)OC(C)C(=O)OC(C)CC(C)(C)C.CC(=O)OCC(C)OC(=O)C(C)OC(=O)C(C)C(C)(C)C.CC(=O)OCCOCCC(C)(C)C. The zero-order valence-corrected chi connectivity index (χ0v) is 58.9. The summed E-state index contributed by atoms with van der Waals surface area (Å²) < 4.78 is 64.1. The van der Waals surface area contributed by atoms with Crippen LogP contribution in [-0.4, -0.2) is 161 Å². The first-order valence-corrected chi connectivity index (χ1v) is 29.8. The zero-order chi connectivity index (χ0) is 70.1. The van der Waals surface area contributed by atoms with Crippen molar-refractivity contribution in [2.75, 3.05) is 52.9 Å². The number of hydrogen-bond donors (Lipinski definition) is 0. The minimum absolute atomic E-state index is 0.0276. The molecule has 0 saturated carbocycles. The second-order valence-electron chi connectivity index (χ2n) is 27.1. The minimum Gasteiger partial charge on any atom is -0.463 e. The van der Waals surface area contributed by atoms with Gasteiger partial charge in [-0.15, -0.1) is 0 Å². The molecule has 0 aromatic rings. The Labute approximate surface area is 526 Å². The van der Waals surface area contributed by atoms with Crippen LogP contribution in [0.5, 0.6) is 0 Å². The van der Waals surface area contributed by atoms with Crippen LogP contribution in [0.4, 0.5) is 0 Å². The molecule has 0 fully saturated rings. The maximum Gasteiger partial charge on any atom is 0.347 e. The highest BCUT2D eigenvalue weighted by atomic mass is 16.6. The molecule has 8 unspecified atom stereocenters. The summed E-state index contributed by atoms with van der Waals surface area (Å²) in [6.45, 7) is 52.0. The van der Waals surface area contributed by atoms with E-state index in [4.69, 9.17) is 47.4 Å². The van der Waals surface area contributed by atoms with Gasteiger partial charge in [-0.1, -0.05) is 111 Å². The summed E-state index contributed by atoms with van der Waals surface area (Å²) in [6.07, 6.45) is -0.439. The van der Waals surface area contributed by atoms with E-state index in [1.807, 2.05) is 76.2 Å². The second kappa shape index (κ2) is 46.2. The average molecular weight is 1270 g/mol. The molecule has 0 aliphatic carbocycles. The van der Waals surface area contributed by atoms with E-state index in [1.165, 1.54) is 55.4 Å². The number of carbonyl (C=O) groups excluding carboxylic acids is 11. The molecule has 0 aliphatic heterocycles. The summed E-state index contributed by atoms with van der Waals surface area (Å²) in [7, 11) is 0. The molecule has 0 heterocycles. The zero-order valence-electron chi connectivity index (χ0n) is 58.9. The lowest BCUT2D eigenvalue weighted by molar-refractivity contribution is -0.175. The lowest BCUT2D eigenvalue weighted by Gasteiger charge is -2.26. The Bertz CT molecular complexity index is 2070. The van der Waals surface area contributed by atoms with Gasteiger partial charge >= 0.3 is 65.7 Å². The molecule has 0 spiro atoms. The van der Waals surface area contributed by atoms with E-state index >= 15 is 0 Å². The van der Waals surface area contributed by atoms with Crippen molar-refractivity contribution >= 4 is 65.7 Å². The molecule has 0 radical (unpaired) electrons. The Hall–Kier alpha value is -5.91. The van der Waals surface area contributed by atoms with Crippen molar-refractivity contribution in [3.8, 4) is 0 Å². The number of esters is 11. The maximum atomic E-state index is 11.9. The highest BCUT2D eigenvalue weighted by molar-refractivity contribution is 5.82. The van der Waals surface area contributed by atoms with E-state index in [0.29, 0.717) is 31.7 Å². The summed E-state index contributed by atoms with van der Waals surface area (Å²) in [5, 5.41) is 0. The van der Waals surface area contributed by atoms with Crippen molar-refractivity contribution in [3.05, 3.63) is 0 Å². The lowest BCUT2D eigenvalue weighted by Crippen LogP contribution is -2.35. The van der Waals surface area contributed by atoms with Gasteiger partial charge in [0, 0.05) is 41.2 Å². The lowest BCUT2D eigenvalue weighted by atomic mass is 9.82. The van der Waals surface area contributed by atoms with E-state index < -0.39 is 91.4 Å². The Balaban J connectivity index is -0.000000329. The van der Waals surface area contributed by atoms with E-state index in [1.54, 1.807) is 20.8 Å². The predicted molar refractivity (Wildman–Crippen MR) is 328 cm³/mol. The van der Waals surface area contributed by atoms with Crippen LogP contribution in [0.1, 0.15) is 220 Å². The normalized spacial score (nSPS) is 14.0. The number of ether oxygens (including phenoxy) is 13. The molecule has 24 heteroatoms. The fourth-order valence-corrected chi connectivity index (χ4v) is 6.20. The Morgan fingerprint density at radius 3 is 1.16 bits per heavy atom. The van der Waals surface area contributed by atoms with Gasteiger partial charge in [0.15, 0.2) is 31.5 Å². The minimum atomic E-state index is -1.03. The van der Waals surface area contributed by atoms with Gasteiger partial charge in [0.2, 0.25) is 0 Å². The van der Waals surface area contributed by atoms with Crippen molar-refractivity contribution in [1.82, 2.24) is 0 Å². The monoisotopic (exact) mass is 1270 g/mol. The van der Waals surface area contributed by atoms with E-state index in [-0.39, 0.29) is 71.0 Å². The summed E-state index contributed by atoms with van der Waals surface area (Å²) in [5.74, 6) is -6.37. The molecule has 24 nitrogen and oxygen atoms in total. The quantitative estimate of drug-likeness (QED) is 0.0399. The summed E-state index contributed by atoms with van der Waals surface area (Å²) in [6, 6.07) is 0. The van der Waals surface area contributed by atoms with Crippen molar-refractivity contribution in [2.45, 2.75) is 262 Å². The van der Waals surface area contributed by atoms with Crippen LogP contribution >= 0.6 is 0 Å². The summed E-state index contributed by atoms with van der Waals surface area (Å²) in [5.41, 5.74) is 0.435. The molecule has 0 aromatic heterocycles. The smallest absolute Gasteiger partial charge is 0.347 e. The van der Waals surface area contributed by atoms with Crippen LogP contribution in [0.15, 0.2) is 0 Å². The van der Waals surface area contributed by atoms with Gasteiger partial charge in [0.1, 0.15) is 25.4 Å². The summed E-state index contributed by atoms with van der Waals surface area (Å²) >= 11 is 0.